The van der Waals surface area contributed by atoms with Crippen LogP contribution >= 0.6 is 34.8 Å². The van der Waals surface area contributed by atoms with Crippen LogP contribution < -0.4 is 5.32 Å². The maximum Gasteiger partial charge on any atom is 0.238 e. The Morgan fingerprint density at radius 2 is 1.89 bits per heavy atom. The van der Waals surface area contributed by atoms with E-state index in [-0.39, 0.29) is 12.5 Å². The normalized spacial score (nSPS) is 12.6. The predicted octanol–water partition coefficient (Wildman–Crippen LogP) is 2.90. The van der Waals surface area contributed by atoms with Crippen LogP contribution in [0.1, 0.15) is 6.92 Å². The first-order valence-electron chi connectivity index (χ1n) is 5.60. The molecule has 2 N–H and O–H groups in total. The standard InChI is InChI=1S/C12H15Cl3N2O2/c1-7(18)5-17(2)6-12(19)16-11-4-9(14)8(13)3-10(11)15/h3-4,7,18H,5-6H2,1-2H3,(H,16,19). The summed E-state index contributed by atoms with van der Waals surface area (Å²) in [5.41, 5.74) is 0.409. The Kier molecular flexibility index (Phi) is 6.36. The summed E-state index contributed by atoms with van der Waals surface area (Å²) in [6.07, 6.45) is -0.494. The van der Waals surface area contributed by atoms with Crippen molar-refractivity contribution in [3.63, 3.8) is 0 Å². The summed E-state index contributed by atoms with van der Waals surface area (Å²) in [6, 6.07) is 2.97. The second kappa shape index (κ2) is 7.31. The van der Waals surface area contributed by atoms with Gasteiger partial charge in [-0.15, -0.1) is 0 Å². The zero-order valence-electron chi connectivity index (χ0n) is 10.6. The Bertz CT molecular complexity index is 467. The van der Waals surface area contributed by atoms with E-state index in [1.165, 1.54) is 12.1 Å². The van der Waals surface area contributed by atoms with Crippen molar-refractivity contribution in [3.8, 4) is 0 Å². The Morgan fingerprint density at radius 3 is 2.47 bits per heavy atom. The fraction of sp³-hybridized carbons (Fsp3) is 0.417. The van der Waals surface area contributed by atoms with Crippen molar-refractivity contribution in [3.05, 3.63) is 27.2 Å². The van der Waals surface area contributed by atoms with Gasteiger partial charge in [0.15, 0.2) is 0 Å². The number of hydrogen-bond acceptors (Lipinski definition) is 3. The van der Waals surface area contributed by atoms with Crippen LogP contribution in [-0.4, -0.2) is 42.2 Å². The minimum atomic E-state index is -0.494. The zero-order chi connectivity index (χ0) is 14.6. The molecule has 0 aliphatic heterocycles. The smallest absolute Gasteiger partial charge is 0.238 e. The predicted molar refractivity (Wildman–Crippen MR) is 79.3 cm³/mol. The largest absolute Gasteiger partial charge is 0.392 e. The van der Waals surface area contributed by atoms with Crippen LogP contribution in [-0.2, 0) is 4.79 Å². The minimum Gasteiger partial charge on any atom is -0.392 e. The molecular weight excluding hydrogens is 311 g/mol. The molecule has 0 bridgehead atoms. The molecule has 0 spiro atoms. The summed E-state index contributed by atoms with van der Waals surface area (Å²) in [5.74, 6) is -0.247. The van der Waals surface area contributed by atoms with Crippen molar-refractivity contribution in [1.82, 2.24) is 4.90 Å². The van der Waals surface area contributed by atoms with Crippen LogP contribution in [0.15, 0.2) is 12.1 Å². The van der Waals surface area contributed by atoms with Crippen molar-refractivity contribution in [1.29, 1.82) is 0 Å². The SMILES string of the molecule is CC(O)CN(C)CC(=O)Nc1cc(Cl)c(Cl)cc1Cl. The molecule has 0 aliphatic carbocycles. The van der Waals surface area contributed by atoms with Crippen molar-refractivity contribution in [2.45, 2.75) is 13.0 Å². The average Bonchev–Trinajstić information content (AvgIpc) is 2.24. The number of carbonyl (C=O) groups is 1. The van der Waals surface area contributed by atoms with Gasteiger partial charge in [0.05, 0.1) is 33.4 Å². The third kappa shape index (κ3) is 5.55. The summed E-state index contributed by atoms with van der Waals surface area (Å²) < 4.78 is 0. The van der Waals surface area contributed by atoms with Gasteiger partial charge in [0.25, 0.3) is 0 Å². The topological polar surface area (TPSA) is 52.6 Å². The van der Waals surface area contributed by atoms with E-state index in [0.717, 1.165) is 0 Å². The molecule has 0 saturated heterocycles. The van der Waals surface area contributed by atoms with E-state index < -0.39 is 6.10 Å². The third-order valence-electron chi connectivity index (χ3n) is 2.27. The molecule has 0 radical (unpaired) electrons. The molecule has 1 atom stereocenters. The Balaban J connectivity index is 2.65. The number of nitrogens with zero attached hydrogens (tertiary/aromatic N) is 1. The minimum absolute atomic E-state index is 0.140. The summed E-state index contributed by atoms with van der Waals surface area (Å²) in [6.45, 7) is 2.20. The summed E-state index contributed by atoms with van der Waals surface area (Å²) >= 11 is 17.6. The number of aliphatic hydroxyl groups is 1. The fourth-order valence-electron chi connectivity index (χ4n) is 1.57. The zero-order valence-corrected chi connectivity index (χ0v) is 12.9. The summed E-state index contributed by atoms with van der Waals surface area (Å²) in [5, 5.41) is 12.8. The van der Waals surface area contributed by atoms with Gasteiger partial charge in [-0.3, -0.25) is 9.69 Å². The first kappa shape index (κ1) is 16.5. The first-order valence-corrected chi connectivity index (χ1v) is 6.74. The van der Waals surface area contributed by atoms with Gasteiger partial charge in [0.2, 0.25) is 5.91 Å². The Labute approximate surface area is 127 Å². The van der Waals surface area contributed by atoms with Crippen LogP contribution in [0.5, 0.6) is 0 Å². The second-order valence-electron chi connectivity index (χ2n) is 4.34. The van der Waals surface area contributed by atoms with Gasteiger partial charge in [-0.25, -0.2) is 0 Å². The number of halogens is 3. The number of amides is 1. The van der Waals surface area contributed by atoms with E-state index in [1.807, 2.05) is 0 Å². The molecular formula is C12H15Cl3N2O2. The number of benzene rings is 1. The van der Waals surface area contributed by atoms with Crippen molar-refractivity contribution < 1.29 is 9.90 Å². The monoisotopic (exact) mass is 324 g/mol. The molecule has 1 rings (SSSR count). The molecule has 4 nitrogen and oxygen atoms in total. The van der Waals surface area contributed by atoms with Crippen LogP contribution in [0.25, 0.3) is 0 Å². The summed E-state index contributed by atoms with van der Waals surface area (Å²) in [4.78, 5) is 13.5. The van der Waals surface area contributed by atoms with Gasteiger partial charge in [-0.05, 0) is 26.1 Å². The molecule has 7 heteroatoms. The molecule has 19 heavy (non-hydrogen) atoms. The van der Waals surface area contributed by atoms with Crippen LogP contribution in [0, 0.1) is 0 Å². The molecule has 1 amide bonds. The lowest BCUT2D eigenvalue weighted by Gasteiger charge is -2.18. The molecule has 0 aliphatic rings. The quantitative estimate of drug-likeness (QED) is 0.819. The number of rotatable bonds is 5. The van der Waals surface area contributed by atoms with E-state index in [9.17, 15) is 9.90 Å². The maximum atomic E-state index is 11.8. The van der Waals surface area contributed by atoms with Gasteiger partial charge in [0, 0.05) is 6.54 Å². The molecule has 0 aromatic heterocycles. The molecule has 1 aromatic carbocycles. The lowest BCUT2D eigenvalue weighted by atomic mass is 10.3. The van der Waals surface area contributed by atoms with E-state index in [4.69, 9.17) is 34.8 Å². The van der Waals surface area contributed by atoms with Gasteiger partial charge >= 0.3 is 0 Å². The van der Waals surface area contributed by atoms with Crippen LogP contribution in [0.2, 0.25) is 15.1 Å². The number of carbonyl (C=O) groups excluding carboxylic acids is 1. The highest BCUT2D eigenvalue weighted by Crippen LogP contribution is 2.32. The molecule has 1 unspecified atom stereocenters. The molecule has 0 heterocycles. The molecule has 1 aromatic rings. The van der Waals surface area contributed by atoms with Crippen molar-refractivity contribution in [2.24, 2.45) is 0 Å². The van der Waals surface area contributed by atoms with Crippen molar-refractivity contribution in [2.75, 3.05) is 25.5 Å². The number of likely N-dealkylation sites (N-methyl/N-ethyl adjacent to an activating group) is 1. The summed E-state index contributed by atoms with van der Waals surface area (Å²) in [7, 11) is 1.74. The van der Waals surface area contributed by atoms with Gasteiger partial charge in [-0.1, -0.05) is 34.8 Å². The molecule has 106 valence electrons. The molecule has 0 fully saturated rings. The lowest BCUT2D eigenvalue weighted by Crippen LogP contribution is -2.34. The van der Waals surface area contributed by atoms with E-state index >= 15 is 0 Å². The first-order chi connectivity index (χ1) is 8.79. The second-order valence-corrected chi connectivity index (χ2v) is 5.56. The van der Waals surface area contributed by atoms with E-state index in [2.05, 4.69) is 5.32 Å². The number of aliphatic hydroxyl groups excluding tert-OH is 1. The van der Waals surface area contributed by atoms with E-state index in [1.54, 1.807) is 18.9 Å². The Morgan fingerprint density at radius 1 is 1.32 bits per heavy atom. The van der Waals surface area contributed by atoms with Crippen LogP contribution in [0.4, 0.5) is 5.69 Å². The Hall–Kier alpha value is -0.520. The molecule has 0 saturated carbocycles. The van der Waals surface area contributed by atoms with Gasteiger partial charge in [-0.2, -0.15) is 0 Å². The van der Waals surface area contributed by atoms with Crippen molar-refractivity contribution >= 4 is 46.4 Å². The van der Waals surface area contributed by atoms with E-state index in [0.29, 0.717) is 27.3 Å². The van der Waals surface area contributed by atoms with Gasteiger partial charge in [0.1, 0.15) is 0 Å². The number of nitrogens with one attached hydrogen (secondary N) is 1. The highest BCUT2D eigenvalue weighted by atomic mass is 35.5. The fourth-order valence-corrected chi connectivity index (χ4v) is 2.16. The van der Waals surface area contributed by atoms with Gasteiger partial charge < -0.3 is 10.4 Å². The highest BCUT2D eigenvalue weighted by molar-refractivity contribution is 6.44. The highest BCUT2D eigenvalue weighted by Gasteiger charge is 2.12. The third-order valence-corrected chi connectivity index (χ3v) is 3.31. The number of anilines is 1. The number of hydrogen-bond donors (Lipinski definition) is 2. The average molecular weight is 326 g/mol. The maximum absolute atomic E-state index is 11.8. The lowest BCUT2D eigenvalue weighted by molar-refractivity contribution is -0.117. The van der Waals surface area contributed by atoms with Crippen LogP contribution in [0.3, 0.4) is 0 Å².